The molecule has 1 aliphatic rings. The van der Waals surface area contributed by atoms with E-state index in [4.69, 9.17) is 21.1 Å². The fourth-order valence-corrected chi connectivity index (χ4v) is 2.92. The lowest BCUT2D eigenvalue weighted by Gasteiger charge is -2.28. The van der Waals surface area contributed by atoms with Gasteiger partial charge in [-0.05, 0) is 31.5 Å². The number of nitrogens with zero attached hydrogens (tertiary/aromatic N) is 2. The molecule has 0 bridgehead atoms. The maximum absolute atomic E-state index is 12.3. The molecular weight excluding hydrogens is 358 g/mol. The Kier molecular flexibility index (Phi) is 4.93. The Hall–Kier alpha value is -2.51. The second-order valence-corrected chi connectivity index (χ2v) is 6.60. The van der Waals surface area contributed by atoms with Gasteiger partial charge in [-0.3, -0.25) is 4.90 Å². The molecule has 1 aromatic carbocycles. The van der Waals surface area contributed by atoms with Gasteiger partial charge in [-0.1, -0.05) is 18.5 Å². The van der Waals surface area contributed by atoms with Crippen LogP contribution >= 0.6 is 11.6 Å². The summed E-state index contributed by atoms with van der Waals surface area (Å²) in [6.45, 7) is 3.70. The quantitative estimate of drug-likeness (QED) is 0.832. The van der Waals surface area contributed by atoms with Gasteiger partial charge >= 0.3 is 6.03 Å². The summed E-state index contributed by atoms with van der Waals surface area (Å²) >= 11 is 6.01. The van der Waals surface area contributed by atoms with Gasteiger partial charge in [0.05, 0.1) is 23.4 Å². The van der Waals surface area contributed by atoms with Crippen molar-refractivity contribution in [2.24, 2.45) is 0 Å². The third-order valence-corrected chi connectivity index (χ3v) is 4.81. The molecule has 0 saturated carbocycles. The predicted octanol–water partition coefficient (Wildman–Crippen LogP) is 3.55. The number of aromatic nitrogens is 1. The number of methoxy groups -OCH3 is 1. The number of carbonyl (C=O) groups is 1. The average Bonchev–Trinajstić information content (AvgIpc) is 2.86. The van der Waals surface area contributed by atoms with Crippen molar-refractivity contribution in [1.29, 1.82) is 0 Å². The highest BCUT2D eigenvalue weighted by molar-refractivity contribution is 6.32. The van der Waals surface area contributed by atoms with Crippen LogP contribution < -0.4 is 19.7 Å². The molecule has 2 amide bonds. The first kappa shape index (κ1) is 18.3. The van der Waals surface area contributed by atoms with Crippen molar-refractivity contribution in [1.82, 2.24) is 10.3 Å². The number of anilines is 1. The summed E-state index contributed by atoms with van der Waals surface area (Å²) in [4.78, 5) is 17.8. The fourth-order valence-electron chi connectivity index (χ4n) is 2.72. The molecule has 138 valence electrons. The Bertz CT molecular complexity index is 832. The molecule has 8 heteroatoms. The van der Waals surface area contributed by atoms with E-state index in [9.17, 15) is 9.90 Å². The van der Waals surface area contributed by atoms with Crippen LogP contribution in [0.15, 0.2) is 36.5 Å². The number of nitrogens with one attached hydrogen (secondary N) is 1. The zero-order valence-electron chi connectivity index (χ0n) is 14.7. The molecule has 2 aromatic rings. The molecule has 2 N–H and O–H groups in total. The van der Waals surface area contributed by atoms with Gasteiger partial charge in [0, 0.05) is 18.3 Å². The lowest BCUT2D eigenvalue weighted by molar-refractivity contribution is 0.107. The highest BCUT2D eigenvalue weighted by atomic mass is 35.5. The number of pyridine rings is 1. The van der Waals surface area contributed by atoms with Crippen molar-refractivity contribution in [2.75, 3.05) is 12.0 Å². The highest BCUT2D eigenvalue weighted by Crippen LogP contribution is 2.34. The Balaban J connectivity index is 1.86. The van der Waals surface area contributed by atoms with Gasteiger partial charge in [-0.25, -0.2) is 9.78 Å². The number of ether oxygens (including phenoxy) is 2. The van der Waals surface area contributed by atoms with Crippen LogP contribution in [0.4, 0.5) is 10.5 Å². The van der Waals surface area contributed by atoms with Gasteiger partial charge in [-0.2, -0.15) is 0 Å². The molecule has 1 saturated heterocycles. The van der Waals surface area contributed by atoms with E-state index in [0.717, 1.165) is 0 Å². The molecule has 1 fully saturated rings. The molecule has 2 heterocycles. The number of aliphatic hydroxyl groups is 1. The summed E-state index contributed by atoms with van der Waals surface area (Å²) in [5.74, 6) is 1.24. The van der Waals surface area contributed by atoms with E-state index in [1.165, 1.54) is 18.2 Å². The van der Waals surface area contributed by atoms with E-state index in [0.29, 0.717) is 28.6 Å². The minimum atomic E-state index is -0.995. The van der Waals surface area contributed by atoms with Crippen LogP contribution in [0.5, 0.6) is 17.4 Å². The van der Waals surface area contributed by atoms with Crippen molar-refractivity contribution in [3.63, 3.8) is 0 Å². The molecule has 26 heavy (non-hydrogen) atoms. The van der Waals surface area contributed by atoms with Crippen molar-refractivity contribution in [3.8, 4) is 17.4 Å². The number of carbonyl (C=O) groups excluding carboxylic acids is 1. The zero-order chi connectivity index (χ0) is 18.9. The minimum Gasteiger partial charge on any atom is -0.495 e. The van der Waals surface area contributed by atoms with E-state index < -0.39 is 11.8 Å². The van der Waals surface area contributed by atoms with Gasteiger partial charge in [-0.15, -0.1) is 0 Å². The number of urea groups is 1. The third-order valence-electron chi connectivity index (χ3n) is 4.50. The van der Waals surface area contributed by atoms with Gasteiger partial charge < -0.3 is 19.9 Å². The second-order valence-electron chi connectivity index (χ2n) is 6.20. The summed E-state index contributed by atoms with van der Waals surface area (Å²) in [5, 5.41) is 13.8. The topological polar surface area (TPSA) is 83.9 Å². The van der Waals surface area contributed by atoms with Crippen LogP contribution in [0.1, 0.15) is 20.3 Å². The van der Waals surface area contributed by atoms with E-state index in [1.54, 1.807) is 37.3 Å². The van der Waals surface area contributed by atoms with Crippen molar-refractivity contribution >= 4 is 23.3 Å². The van der Waals surface area contributed by atoms with Crippen molar-refractivity contribution in [3.05, 3.63) is 41.6 Å². The molecule has 0 spiro atoms. The number of aliphatic hydroxyl groups excluding tert-OH is 1. The summed E-state index contributed by atoms with van der Waals surface area (Å²) in [5.41, 5.74) is -0.233. The first-order valence-electron chi connectivity index (χ1n) is 8.15. The van der Waals surface area contributed by atoms with Gasteiger partial charge in [0.25, 0.3) is 0 Å². The molecule has 0 aliphatic carbocycles. The van der Waals surface area contributed by atoms with Crippen molar-refractivity contribution in [2.45, 2.75) is 32.0 Å². The Morgan fingerprint density at radius 3 is 2.81 bits per heavy atom. The summed E-state index contributed by atoms with van der Waals surface area (Å²) in [6.07, 6.45) is 1.11. The van der Waals surface area contributed by atoms with Crippen LogP contribution in [0.25, 0.3) is 0 Å². The van der Waals surface area contributed by atoms with Gasteiger partial charge in [0.1, 0.15) is 11.5 Å². The minimum absolute atomic E-state index is 0.275. The van der Waals surface area contributed by atoms with E-state index in [1.807, 2.05) is 6.92 Å². The molecule has 3 rings (SSSR count). The first-order chi connectivity index (χ1) is 12.4. The first-order valence-corrected chi connectivity index (χ1v) is 8.52. The Labute approximate surface area is 156 Å². The van der Waals surface area contributed by atoms with Crippen LogP contribution in [0, 0.1) is 0 Å². The predicted molar refractivity (Wildman–Crippen MR) is 98.0 cm³/mol. The second kappa shape index (κ2) is 7.01. The summed E-state index contributed by atoms with van der Waals surface area (Å²) in [6, 6.07) is 7.84. The van der Waals surface area contributed by atoms with Crippen LogP contribution in [-0.2, 0) is 0 Å². The van der Waals surface area contributed by atoms with Gasteiger partial charge in [0.2, 0.25) is 5.88 Å². The SMILES string of the molecule is CC[C@@]1(C)NC(=O)N(c2ccnc(Oc3ccc(Cl)c(OC)c3)c2)C1O. The number of hydrogen-bond donors (Lipinski definition) is 2. The summed E-state index contributed by atoms with van der Waals surface area (Å²) in [7, 11) is 1.52. The monoisotopic (exact) mass is 377 g/mol. The maximum atomic E-state index is 12.3. The fraction of sp³-hybridized carbons (Fsp3) is 0.333. The molecule has 2 atom stereocenters. The standard InChI is InChI=1S/C18H20ClN3O4/c1-4-18(2)16(23)22(17(24)21-18)11-7-8-20-15(9-11)26-12-5-6-13(19)14(10-12)25-3/h5-10,16,23H,4H2,1-3H3,(H,21,24)/t16?,18-/m1/s1. The van der Waals surface area contributed by atoms with Crippen LogP contribution in [0.2, 0.25) is 5.02 Å². The van der Waals surface area contributed by atoms with E-state index in [-0.39, 0.29) is 11.9 Å². The Morgan fingerprint density at radius 2 is 2.15 bits per heavy atom. The van der Waals surface area contributed by atoms with Crippen LogP contribution in [-0.4, -0.2) is 35.0 Å². The number of rotatable bonds is 5. The molecule has 1 unspecified atom stereocenters. The number of amides is 2. The van der Waals surface area contributed by atoms with Crippen LogP contribution in [0.3, 0.4) is 0 Å². The average molecular weight is 378 g/mol. The smallest absolute Gasteiger partial charge is 0.324 e. The lowest BCUT2D eigenvalue weighted by Crippen LogP contribution is -2.46. The number of halogens is 1. The third kappa shape index (κ3) is 3.27. The van der Waals surface area contributed by atoms with Gasteiger partial charge in [0.15, 0.2) is 6.23 Å². The largest absolute Gasteiger partial charge is 0.495 e. The molecule has 0 radical (unpaired) electrons. The highest BCUT2D eigenvalue weighted by Gasteiger charge is 2.47. The number of benzene rings is 1. The zero-order valence-corrected chi connectivity index (χ0v) is 15.4. The molecular formula is C18H20ClN3O4. The maximum Gasteiger partial charge on any atom is 0.324 e. The van der Waals surface area contributed by atoms with E-state index >= 15 is 0 Å². The molecule has 1 aromatic heterocycles. The summed E-state index contributed by atoms with van der Waals surface area (Å²) < 4.78 is 10.9. The van der Waals surface area contributed by atoms with E-state index in [2.05, 4.69) is 10.3 Å². The van der Waals surface area contributed by atoms with Crippen molar-refractivity contribution < 1.29 is 19.4 Å². The number of hydrogen-bond acceptors (Lipinski definition) is 5. The molecule has 7 nitrogen and oxygen atoms in total. The Morgan fingerprint density at radius 1 is 1.38 bits per heavy atom. The lowest BCUT2D eigenvalue weighted by atomic mass is 9.98. The normalized spacial score (nSPS) is 22.3. The molecule has 1 aliphatic heterocycles.